The Morgan fingerprint density at radius 1 is 0.957 bits per heavy atom. The molecule has 120 valence electrons. The summed E-state index contributed by atoms with van der Waals surface area (Å²) in [4.78, 5) is 0. The summed E-state index contributed by atoms with van der Waals surface area (Å²) in [5.74, 6) is 0.230. The molecule has 1 heterocycles. The fourth-order valence-electron chi connectivity index (χ4n) is 2.68. The number of aromatic hydroxyl groups is 1. The Bertz CT molecular complexity index is 803. The van der Waals surface area contributed by atoms with Gasteiger partial charge in [0, 0.05) is 23.5 Å². The van der Waals surface area contributed by atoms with Gasteiger partial charge in [0.25, 0.3) is 0 Å². The molecule has 0 saturated carbocycles. The maximum atomic E-state index is 12.5. The van der Waals surface area contributed by atoms with Gasteiger partial charge in [-0.05, 0) is 36.6 Å². The van der Waals surface area contributed by atoms with Crippen LogP contribution >= 0.6 is 0 Å². The topological polar surface area (TPSA) is 25.2 Å². The number of rotatable bonds is 4. The Hall–Kier alpha value is -2.43. The number of benzene rings is 2. The molecule has 0 fully saturated rings. The van der Waals surface area contributed by atoms with E-state index in [9.17, 15) is 18.3 Å². The minimum atomic E-state index is -4.30. The van der Waals surface area contributed by atoms with Gasteiger partial charge < -0.3 is 9.67 Å². The number of halogens is 3. The predicted octanol–water partition coefficient (Wildman–Crippen LogP) is 5.00. The standard InChI is InChI=1S/C18H16F3NO/c19-18(20,21)15-9-7-13(8-10-15)4-3-11-22-12-14-5-1-2-6-16(14)17(22)23/h1-2,5-10,12,23H,3-4,11H2. The number of aromatic nitrogens is 1. The summed E-state index contributed by atoms with van der Waals surface area (Å²) in [5, 5.41) is 11.9. The van der Waals surface area contributed by atoms with Crippen LogP contribution in [0, 0.1) is 0 Å². The lowest BCUT2D eigenvalue weighted by Crippen LogP contribution is -2.04. The summed E-state index contributed by atoms with van der Waals surface area (Å²) in [5.41, 5.74) is 0.227. The van der Waals surface area contributed by atoms with Gasteiger partial charge >= 0.3 is 6.18 Å². The molecule has 0 spiro atoms. The van der Waals surface area contributed by atoms with Gasteiger partial charge in [-0.2, -0.15) is 13.2 Å². The smallest absolute Gasteiger partial charge is 0.416 e. The monoisotopic (exact) mass is 319 g/mol. The summed E-state index contributed by atoms with van der Waals surface area (Å²) in [6.45, 7) is 0.613. The van der Waals surface area contributed by atoms with Gasteiger partial charge in [0.1, 0.15) is 0 Å². The van der Waals surface area contributed by atoms with Crippen LogP contribution in [0.1, 0.15) is 17.5 Å². The Labute approximate surface area is 131 Å². The number of nitrogens with zero attached hydrogens (tertiary/aromatic N) is 1. The summed E-state index contributed by atoms with van der Waals surface area (Å²) in [6, 6.07) is 12.8. The molecule has 23 heavy (non-hydrogen) atoms. The largest absolute Gasteiger partial charge is 0.494 e. The van der Waals surface area contributed by atoms with Gasteiger partial charge in [0.2, 0.25) is 0 Å². The molecule has 2 aromatic carbocycles. The van der Waals surface area contributed by atoms with E-state index in [0.29, 0.717) is 13.0 Å². The summed E-state index contributed by atoms with van der Waals surface area (Å²) in [6.07, 6.45) is -1.01. The molecule has 0 unspecified atom stereocenters. The second kappa shape index (κ2) is 5.99. The van der Waals surface area contributed by atoms with Gasteiger partial charge in [-0.25, -0.2) is 0 Å². The molecule has 0 amide bonds. The van der Waals surface area contributed by atoms with Crippen LogP contribution in [0.15, 0.2) is 54.7 Å². The van der Waals surface area contributed by atoms with Crippen LogP contribution in [0.2, 0.25) is 0 Å². The number of hydrogen-bond donors (Lipinski definition) is 1. The van der Waals surface area contributed by atoms with Gasteiger partial charge in [-0.3, -0.25) is 0 Å². The Morgan fingerprint density at radius 3 is 2.30 bits per heavy atom. The zero-order chi connectivity index (χ0) is 16.4. The van der Waals surface area contributed by atoms with Crippen LogP contribution in [-0.2, 0) is 19.1 Å². The molecular weight excluding hydrogens is 303 g/mol. The van der Waals surface area contributed by atoms with Crippen LogP contribution in [0.25, 0.3) is 10.8 Å². The van der Waals surface area contributed by atoms with Crippen LogP contribution in [0.4, 0.5) is 13.2 Å². The van der Waals surface area contributed by atoms with E-state index in [4.69, 9.17) is 0 Å². The molecule has 0 saturated heterocycles. The van der Waals surface area contributed by atoms with Crippen molar-refractivity contribution < 1.29 is 18.3 Å². The van der Waals surface area contributed by atoms with Gasteiger partial charge in [-0.15, -0.1) is 0 Å². The van der Waals surface area contributed by atoms with Crippen molar-refractivity contribution in [2.45, 2.75) is 25.6 Å². The zero-order valence-corrected chi connectivity index (χ0v) is 12.3. The van der Waals surface area contributed by atoms with Gasteiger partial charge in [-0.1, -0.05) is 30.3 Å². The van der Waals surface area contributed by atoms with E-state index in [0.717, 1.165) is 34.9 Å². The number of alkyl halides is 3. The first-order valence-corrected chi connectivity index (χ1v) is 7.38. The van der Waals surface area contributed by atoms with Crippen LogP contribution in [-0.4, -0.2) is 9.67 Å². The summed E-state index contributed by atoms with van der Waals surface area (Å²) in [7, 11) is 0. The molecule has 5 heteroatoms. The minimum Gasteiger partial charge on any atom is -0.494 e. The number of aryl methyl sites for hydroxylation is 2. The first-order valence-electron chi connectivity index (χ1n) is 7.38. The SMILES string of the molecule is Oc1c2ccccc2cn1CCCc1ccc(C(F)(F)F)cc1. The van der Waals surface area contributed by atoms with Gasteiger partial charge in [0.05, 0.1) is 5.56 Å². The zero-order valence-electron chi connectivity index (χ0n) is 12.3. The molecule has 0 bridgehead atoms. The maximum Gasteiger partial charge on any atom is 0.416 e. The molecular formula is C18H16F3NO. The van der Waals surface area contributed by atoms with Crippen LogP contribution < -0.4 is 0 Å². The highest BCUT2D eigenvalue weighted by Crippen LogP contribution is 2.29. The van der Waals surface area contributed by atoms with E-state index in [1.54, 1.807) is 4.57 Å². The Balaban J connectivity index is 1.63. The first kappa shape index (κ1) is 15.5. The van der Waals surface area contributed by atoms with Crippen molar-refractivity contribution in [1.29, 1.82) is 0 Å². The Kier molecular flexibility index (Phi) is 4.03. The van der Waals surface area contributed by atoms with Crippen molar-refractivity contribution in [3.8, 4) is 5.88 Å². The predicted molar refractivity (Wildman–Crippen MR) is 83.4 cm³/mol. The average molecular weight is 319 g/mol. The first-order chi connectivity index (χ1) is 10.9. The Morgan fingerprint density at radius 2 is 1.65 bits per heavy atom. The van der Waals surface area contributed by atoms with Crippen LogP contribution in [0.5, 0.6) is 5.88 Å². The van der Waals surface area contributed by atoms with E-state index >= 15 is 0 Å². The molecule has 1 aromatic heterocycles. The lowest BCUT2D eigenvalue weighted by molar-refractivity contribution is -0.137. The van der Waals surface area contributed by atoms with Gasteiger partial charge in [0.15, 0.2) is 5.88 Å². The van der Waals surface area contributed by atoms with Crippen LogP contribution in [0.3, 0.4) is 0 Å². The van der Waals surface area contributed by atoms with Crippen molar-refractivity contribution in [3.63, 3.8) is 0 Å². The van der Waals surface area contributed by atoms with E-state index in [-0.39, 0.29) is 5.88 Å². The van der Waals surface area contributed by atoms with E-state index in [1.165, 1.54) is 12.1 Å². The van der Waals surface area contributed by atoms with E-state index < -0.39 is 11.7 Å². The normalized spacial score (nSPS) is 12.0. The van der Waals surface area contributed by atoms with E-state index in [1.807, 2.05) is 30.5 Å². The fourth-order valence-corrected chi connectivity index (χ4v) is 2.68. The lowest BCUT2D eigenvalue weighted by atomic mass is 10.1. The quantitative estimate of drug-likeness (QED) is 0.719. The molecule has 3 rings (SSSR count). The molecule has 0 radical (unpaired) electrons. The molecule has 2 nitrogen and oxygen atoms in total. The van der Waals surface area contributed by atoms with Crippen molar-refractivity contribution in [2.75, 3.05) is 0 Å². The van der Waals surface area contributed by atoms with Crippen molar-refractivity contribution in [2.24, 2.45) is 0 Å². The molecule has 0 aliphatic rings. The number of hydrogen-bond acceptors (Lipinski definition) is 1. The summed E-state index contributed by atoms with van der Waals surface area (Å²) < 4.78 is 39.3. The maximum absolute atomic E-state index is 12.5. The molecule has 0 aliphatic heterocycles. The number of fused-ring (bicyclic) bond motifs is 1. The highest BCUT2D eigenvalue weighted by molar-refractivity contribution is 5.87. The third-order valence-corrected chi connectivity index (χ3v) is 3.91. The minimum absolute atomic E-state index is 0.230. The third-order valence-electron chi connectivity index (χ3n) is 3.91. The third kappa shape index (κ3) is 3.33. The molecule has 1 N–H and O–H groups in total. The highest BCUT2D eigenvalue weighted by Gasteiger charge is 2.29. The second-order valence-electron chi connectivity index (χ2n) is 5.53. The van der Waals surface area contributed by atoms with Crippen molar-refractivity contribution in [1.82, 2.24) is 4.57 Å². The average Bonchev–Trinajstić information content (AvgIpc) is 2.84. The second-order valence-corrected chi connectivity index (χ2v) is 5.53. The highest BCUT2D eigenvalue weighted by atomic mass is 19.4. The lowest BCUT2D eigenvalue weighted by Gasteiger charge is -2.08. The van der Waals surface area contributed by atoms with Crippen molar-refractivity contribution in [3.05, 3.63) is 65.9 Å². The van der Waals surface area contributed by atoms with Crippen molar-refractivity contribution >= 4 is 10.8 Å². The molecule has 0 aliphatic carbocycles. The summed E-state index contributed by atoms with van der Waals surface area (Å²) >= 11 is 0. The fraction of sp³-hybridized carbons (Fsp3) is 0.222. The molecule has 3 aromatic rings. The van der Waals surface area contributed by atoms with E-state index in [2.05, 4.69) is 0 Å². The molecule has 0 atom stereocenters.